The van der Waals surface area contributed by atoms with Gasteiger partial charge in [0, 0.05) is 6.54 Å². The molecule has 1 aliphatic rings. The van der Waals surface area contributed by atoms with Crippen LogP contribution in [0.5, 0.6) is 5.75 Å². The summed E-state index contributed by atoms with van der Waals surface area (Å²) in [4.78, 5) is 0. The van der Waals surface area contributed by atoms with Crippen LogP contribution in [0, 0.1) is 0 Å². The quantitative estimate of drug-likeness (QED) is 0.626. The van der Waals surface area contributed by atoms with Crippen LogP contribution in [0.15, 0.2) is 72.8 Å². The molecule has 1 heterocycles. The summed E-state index contributed by atoms with van der Waals surface area (Å²) in [5, 5.41) is 3.69. The number of ether oxygens (including phenoxy) is 1. The molecule has 28 heavy (non-hydrogen) atoms. The molecular weight excluding hydrogens is 342 g/mol. The number of hydrogen-bond acceptors (Lipinski definition) is 2. The van der Waals surface area contributed by atoms with Crippen LogP contribution in [0.2, 0.25) is 0 Å². The van der Waals surface area contributed by atoms with Gasteiger partial charge < -0.3 is 10.1 Å². The zero-order valence-electron chi connectivity index (χ0n) is 17.0. The topological polar surface area (TPSA) is 21.3 Å². The van der Waals surface area contributed by atoms with Gasteiger partial charge in [0.05, 0.1) is 6.04 Å². The fraction of sp³-hybridized carbons (Fsp3) is 0.308. The van der Waals surface area contributed by atoms with Crippen LogP contribution in [0.1, 0.15) is 54.6 Å². The van der Waals surface area contributed by atoms with Crippen molar-refractivity contribution in [1.29, 1.82) is 0 Å². The van der Waals surface area contributed by atoms with Gasteiger partial charge in [-0.3, -0.25) is 0 Å². The fourth-order valence-electron chi connectivity index (χ4n) is 3.85. The van der Waals surface area contributed by atoms with E-state index in [0.717, 1.165) is 18.7 Å². The zero-order valence-corrected chi connectivity index (χ0v) is 17.0. The van der Waals surface area contributed by atoms with E-state index in [4.69, 9.17) is 4.74 Å². The molecule has 0 radical (unpaired) electrons. The van der Waals surface area contributed by atoms with Crippen LogP contribution in [0.4, 0.5) is 0 Å². The smallest absolute Gasteiger partial charge is 0.120 e. The minimum atomic E-state index is 0.182. The molecule has 144 valence electrons. The summed E-state index contributed by atoms with van der Waals surface area (Å²) in [6, 6.07) is 26.2. The Hall–Kier alpha value is -2.58. The second-order valence-corrected chi connectivity index (χ2v) is 8.64. The van der Waals surface area contributed by atoms with Crippen molar-refractivity contribution >= 4 is 0 Å². The molecule has 0 spiro atoms. The number of nitrogens with one attached hydrogen (secondary N) is 1. The van der Waals surface area contributed by atoms with E-state index in [9.17, 15) is 0 Å². The third-order valence-corrected chi connectivity index (χ3v) is 5.53. The van der Waals surface area contributed by atoms with Crippen molar-refractivity contribution in [1.82, 2.24) is 5.32 Å². The predicted molar refractivity (Wildman–Crippen MR) is 116 cm³/mol. The Kier molecular flexibility index (Phi) is 5.23. The molecule has 3 aromatic rings. The van der Waals surface area contributed by atoms with Crippen molar-refractivity contribution in [3.8, 4) is 5.75 Å². The zero-order chi connectivity index (χ0) is 19.6. The van der Waals surface area contributed by atoms with Gasteiger partial charge in [0.1, 0.15) is 12.4 Å². The molecule has 4 rings (SSSR count). The molecular formula is C26H29NO. The lowest BCUT2D eigenvalue weighted by atomic mass is 9.84. The first kappa shape index (κ1) is 18.8. The maximum Gasteiger partial charge on any atom is 0.120 e. The van der Waals surface area contributed by atoms with Crippen LogP contribution in [-0.2, 0) is 18.4 Å². The highest BCUT2D eigenvalue weighted by Crippen LogP contribution is 2.32. The van der Waals surface area contributed by atoms with Gasteiger partial charge in [0.15, 0.2) is 0 Å². The highest BCUT2D eigenvalue weighted by molar-refractivity contribution is 5.44. The molecule has 0 aliphatic carbocycles. The molecule has 0 bridgehead atoms. The maximum atomic E-state index is 6.03. The number of benzene rings is 3. The van der Waals surface area contributed by atoms with Crippen molar-refractivity contribution < 1.29 is 4.74 Å². The second-order valence-electron chi connectivity index (χ2n) is 8.64. The summed E-state index contributed by atoms with van der Waals surface area (Å²) in [5.41, 5.74) is 6.82. The van der Waals surface area contributed by atoms with E-state index < -0.39 is 0 Å². The third-order valence-electron chi connectivity index (χ3n) is 5.53. The largest absolute Gasteiger partial charge is 0.489 e. The first-order chi connectivity index (χ1) is 13.5. The lowest BCUT2D eigenvalue weighted by Gasteiger charge is -2.28. The minimum absolute atomic E-state index is 0.182. The number of rotatable bonds is 4. The molecule has 1 N–H and O–H groups in total. The van der Waals surface area contributed by atoms with Crippen molar-refractivity contribution in [3.63, 3.8) is 0 Å². The maximum absolute atomic E-state index is 6.03. The standard InChI is InChI=1S/C26H29NO/c1-26(2,3)22-11-9-20(10-12-22)25-24-14-13-23(17-21(24)15-16-27-25)28-18-19-7-5-4-6-8-19/h4-14,17,25,27H,15-16,18H2,1-3H3. The Morgan fingerprint density at radius 1 is 0.929 bits per heavy atom. The van der Waals surface area contributed by atoms with Gasteiger partial charge in [-0.05, 0) is 51.8 Å². The molecule has 0 aromatic heterocycles. The average molecular weight is 372 g/mol. The van der Waals surface area contributed by atoms with E-state index in [1.807, 2.05) is 18.2 Å². The van der Waals surface area contributed by atoms with Gasteiger partial charge in [0.25, 0.3) is 0 Å². The van der Waals surface area contributed by atoms with E-state index in [0.29, 0.717) is 6.61 Å². The molecule has 0 fully saturated rings. The molecule has 0 saturated carbocycles. The number of hydrogen-bond donors (Lipinski definition) is 1. The van der Waals surface area contributed by atoms with Crippen LogP contribution < -0.4 is 10.1 Å². The van der Waals surface area contributed by atoms with Gasteiger partial charge in [-0.15, -0.1) is 0 Å². The monoisotopic (exact) mass is 371 g/mol. The van der Waals surface area contributed by atoms with E-state index in [-0.39, 0.29) is 11.5 Å². The van der Waals surface area contributed by atoms with Crippen molar-refractivity contribution in [2.75, 3.05) is 6.54 Å². The average Bonchev–Trinajstić information content (AvgIpc) is 2.72. The predicted octanol–water partition coefficient (Wildman–Crippen LogP) is 5.80. The SMILES string of the molecule is CC(C)(C)c1ccc(C2NCCc3cc(OCc4ccccc4)ccc32)cc1. The summed E-state index contributed by atoms with van der Waals surface area (Å²) >= 11 is 0. The molecule has 1 unspecified atom stereocenters. The van der Waals surface area contributed by atoms with E-state index >= 15 is 0 Å². The third kappa shape index (κ3) is 4.13. The van der Waals surface area contributed by atoms with E-state index in [1.165, 1.54) is 27.8 Å². The van der Waals surface area contributed by atoms with Gasteiger partial charge in [-0.1, -0.05) is 81.4 Å². The Bertz CT molecular complexity index is 923. The molecule has 0 saturated heterocycles. The lowest BCUT2D eigenvalue weighted by Crippen LogP contribution is -2.30. The summed E-state index contributed by atoms with van der Waals surface area (Å²) < 4.78 is 6.03. The summed E-state index contributed by atoms with van der Waals surface area (Å²) in [6.07, 6.45) is 1.04. The molecule has 1 atom stereocenters. The first-order valence-corrected chi connectivity index (χ1v) is 10.1. The van der Waals surface area contributed by atoms with Crippen molar-refractivity contribution in [2.45, 2.75) is 45.3 Å². The molecule has 1 aliphatic heterocycles. The van der Waals surface area contributed by atoms with Crippen LogP contribution in [0.25, 0.3) is 0 Å². The second kappa shape index (κ2) is 7.81. The summed E-state index contributed by atoms with van der Waals surface area (Å²) in [6.45, 7) is 8.36. The van der Waals surface area contributed by atoms with Gasteiger partial charge in [0.2, 0.25) is 0 Å². The Labute approximate surface area is 168 Å². The molecule has 3 aromatic carbocycles. The lowest BCUT2D eigenvalue weighted by molar-refractivity contribution is 0.305. The first-order valence-electron chi connectivity index (χ1n) is 10.1. The molecule has 2 heteroatoms. The Morgan fingerprint density at radius 2 is 1.68 bits per heavy atom. The highest BCUT2D eigenvalue weighted by atomic mass is 16.5. The Morgan fingerprint density at radius 3 is 2.39 bits per heavy atom. The van der Waals surface area contributed by atoms with Crippen LogP contribution >= 0.6 is 0 Å². The minimum Gasteiger partial charge on any atom is -0.489 e. The number of fused-ring (bicyclic) bond motifs is 1. The normalized spacial score (nSPS) is 16.5. The molecule has 2 nitrogen and oxygen atoms in total. The van der Waals surface area contributed by atoms with Crippen LogP contribution in [0.3, 0.4) is 0 Å². The van der Waals surface area contributed by atoms with Gasteiger partial charge in [-0.2, -0.15) is 0 Å². The van der Waals surface area contributed by atoms with Crippen LogP contribution in [-0.4, -0.2) is 6.54 Å². The van der Waals surface area contributed by atoms with E-state index in [2.05, 4.69) is 80.7 Å². The van der Waals surface area contributed by atoms with Crippen molar-refractivity contribution in [2.24, 2.45) is 0 Å². The Balaban J connectivity index is 1.53. The van der Waals surface area contributed by atoms with E-state index in [1.54, 1.807) is 0 Å². The highest BCUT2D eigenvalue weighted by Gasteiger charge is 2.22. The molecule has 0 amide bonds. The summed E-state index contributed by atoms with van der Waals surface area (Å²) in [5.74, 6) is 0.950. The van der Waals surface area contributed by atoms with Crippen molar-refractivity contribution in [3.05, 3.63) is 101 Å². The van der Waals surface area contributed by atoms with Gasteiger partial charge in [-0.25, -0.2) is 0 Å². The summed E-state index contributed by atoms with van der Waals surface area (Å²) in [7, 11) is 0. The van der Waals surface area contributed by atoms with Gasteiger partial charge >= 0.3 is 0 Å². The fourth-order valence-corrected chi connectivity index (χ4v) is 3.85.